The number of fused-ring (bicyclic) bond motifs is 1. The standard InChI is InChI=1S/C23H30N4O2/c28-22(26-12-10-25(11-13-26)18-6-2-1-3-7-18)17-15-27(16-17)23(29)20-14-24-21-9-5-4-8-19(20)21/h4-5,8-9,14,17-18,24H,1-3,6-7,10-13,15-16H2. The van der Waals surface area contributed by atoms with E-state index in [2.05, 4.69) is 9.88 Å². The summed E-state index contributed by atoms with van der Waals surface area (Å²) in [6, 6.07) is 8.57. The molecule has 2 amide bonds. The Labute approximate surface area is 171 Å². The molecule has 6 heteroatoms. The van der Waals surface area contributed by atoms with Crippen molar-refractivity contribution in [1.82, 2.24) is 19.7 Å². The van der Waals surface area contributed by atoms with Crippen LogP contribution in [0.25, 0.3) is 10.9 Å². The third-order valence-corrected chi connectivity index (χ3v) is 7.05. The summed E-state index contributed by atoms with van der Waals surface area (Å²) in [5.74, 6) is 0.218. The Morgan fingerprint density at radius 1 is 0.897 bits per heavy atom. The van der Waals surface area contributed by atoms with Crippen molar-refractivity contribution in [2.45, 2.75) is 38.1 Å². The monoisotopic (exact) mass is 394 g/mol. The first kappa shape index (κ1) is 18.7. The summed E-state index contributed by atoms with van der Waals surface area (Å²) in [7, 11) is 0. The topological polar surface area (TPSA) is 59.7 Å². The van der Waals surface area contributed by atoms with Crippen molar-refractivity contribution < 1.29 is 9.59 Å². The number of carbonyl (C=O) groups excluding carboxylic acids is 2. The third kappa shape index (κ3) is 3.54. The molecule has 1 saturated carbocycles. The molecule has 2 saturated heterocycles. The minimum absolute atomic E-state index is 0.0219. The lowest BCUT2D eigenvalue weighted by atomic mass is 9.93. The van der Waals surface area contributed by atoms with Crippen LogP contribution in [-0.4, -0.2) is 76.8 Å². The van der Waals surface area contributed by atoms with E-state index in [0.717, 1.165) is 43.1 Å². The molecule has 1 aromatic heterocycles. The van der Waals surface area contributed by atoms with E-state index in [1.165, 1.54) is 32.1 Å². The first-order valence-electron chi connectivity index (χ1n) is 11.1. The average Bonchev–Trinajstić information content (AvgIpc) is 3.17. The third-order valence-electron chi connectivity index (χ3n) is 7.05. The normalized spacial score (nSPS) is 22.1. The Morgan fingerprint density at radius 2 is 1.62 bits per heavy atom. The molecular formula is C23H30N4O2. The first-order valence-corrected chi connectivity index (χ1v) is 11.1. The number of carbonyl (C=O) groups is 2. The Morgan fingerprint density at radius 3 is 2.38 bits per heavy atom. The van der Waals surface area contributed by atoms with Gasteiger partial charge in [-0.05, 0) is 18.9 Å². The zero-order valence-corrected chi connectivity index (χ0v) is 17.0. The van der Waals surface area contributed by atoms with Crippen LogP contribution in [0.15, 0.2) is 30.5 Å². The molecule has 1 aliphatic carbocycles. The van der Waals surface area contributed by atoms with E-state index >= 15 is 0 Å². The number of hydrogen-bond acceptors (Lipinski definition) is 3. The lowest BCUT2D eigenvalue weighted by Crippen LogP contribution is -2.59. The number of hydrogen-bond donors (Lipinski definition) is 1. The van der Waals surface area contributed by atoms with Gasteiger partial charge in [0.25, 0.3) is 5.91 Å². The summed E-state index contributed by atoms with van der Waals surface area (Å²) in [4.78, 5) is 35.3. The molecule has 0 radical (unpaired) electrons. The first-order chi connectivity index (χ1) is 14.2. The largest absolute Gasteiger partial charge is 0.360 e. The number of nitrogens with zero attached hydrogens (tertiary/aromatic N) is 3. The quantitative estimate of drug-likeness (QED) is 0.871. The molecule has 2 aliphatic heterocycles. The van der Waals surface area contributed by atoms with Crippen molar-refractivity contribution >= 4 is 22.7 Å². The number of likely N-dealkylation sites (tertiary alicyclic amines) is 1. The fraction of sp³-hybridized carbons (Fsp3) is 0.565. The van der Waals surface area contributed by atoms with Gasteiger partial charge in [0.05, 0.1) is 11.5 Å². The highest BCUT2D eigenvalue weighted by Gasteiger charge is 2.39. The summed E-state index contributed by atoms with van der Waals surface area (Å²) in [6.07, 6.45) is 8.51. The van der Waals surface area contributed by atoms with Crippen LogP contribution in [0, 0.1) is 5.92 Å². The molecule has 0 bridgehead atoms. The summed E-state index contributed by atoms with van der Waals surface area (Å²) in [5.41, 5.74) is 1.67. The van der Waals surface area contributed by atoms with Crippen LogP contribution in [0.3, 0.4) is 0 Å². The number of H-pyrrole nitrogens is 1. The molecule has 6 nitrogen and oxygen atoms in total. The van der Waals surface area contributed by atoms with Crippen LogP contribution < -0.4 is 0 Å². The smallest absolute Gasteiger partial charge is 0.256 e. The highest BCUT2D eigenvalue weighted by molar-refractivity contribution is 6.07. The van der Waals surface area contributed by atoms with E-state index in [4.69, 9.17) is 0 Å². The van der Waals surface area contributed by atoms with Crippen molar-refractivity contribution in [2.75, 3.05) is 39.3 Å². The molecule has 0 spiro atoms. The van der Waals surface area contributed by atoms with Gasteiger partial charge in [0.2, 0.25) is 5.91 Å². The highest BCUT2D eigenvalue weighted by Crippen LogP contribution is 2.27. The van der Waals surface area contributed by atoms with E-state index in [1.54, 1.807) is 11.1 Å². The van der Waals surface area contributed by atoms with Gasteiger partial charge in [0, 0.05) is 62.4 Å². The molecule has 0 unspecified atom stereocenters. The van der Waals surface area contributed by atoms with Crippen LogP contribution in [-0.2, 0) is 4.79 Å². The molecule has 3 aliphatic rings. The van der Waals surface area contributed by atoms with Crippen LogP contribution in [0.5, 0.6) is 0 Å². The van der Waals surface area contributed by atoms with Gasteiger partial charge in [0.15, 0.2) is 0 Å². The van der Waals surface area contributed by atoms with Gasteiger partial charge in [-0.3, -0.25) is 14.5 Å². The zero-order chi connectivity index (χ0) is 19.8. The van der Waals surface area contributed by atoms with Gasteiger partial charge in [-0.1, -0.05) is 37.5 Å². The van der Waals surface area contributed by atoms with E-state index in [9.17, 15) is 9.59 Å². The van der Waals surface area contributed by atoms with Crippen LogP contribution in [0.2, 0.25) is 0 Å². The second kappa shape index (κ2) is 7.82. The average molecular weight is 395 g/mol. The SMILES string of the molecule is O=C(c1c[nH]c2ccccc12)N1CC(C(=O)N2CCN(C3CCCCC3)CC2)C1. The molecule has 2 aromatic rings. The summed E-state index contributed by atoms with van der Waals surface area (Å²) < 4.78 is 0. The maximum absolute atomic E-state index is 12.9. The second-order valence-corrected chi connectivity index (χ2v) is 8.81. The van der Waals surface area contributed by atoms with Crippen LogP contribution in [0.4, 0.5) is 0 Å². The Balaban J connectivity index is 1.13. The number of rotatable bonds is 3. The van der Waals surface area contributed by atoms with Crippen LogP contribution in [0.1, 0.15) is 42.5 Å². The van der Waals surface area contributed by atoms with Crippen molar-refractivity contribution in [2.24, 2.45) is 5.92 Å². The number of aromatic amines is 1. The second-order valence-electron chi connectivity index (χ2n) is 8.81. The molecule has 1 N–H and O–H groups in total. The number of piperazine rings is 1. The van der Waals surface area contributed by atoms with Crippen molar-refractivity contribution in [3.8, 4) is 0 Å². The van der Waals surface area contributed by atoms with E-state index in [0.29, 0.717) is 18.7 Å². The molecule has 0 atom stereocenters. The predicted molar refractivity (Wildman–Crippen MR) is 113 cm³/mol. The van der Waals surface area contributed by atoms with Gasteiger partial charge in [0.1, 0.15) is 0 Å². The zero-order valence-electron chi connectivity index (χ0n) is 17.0. The molecule has 5 rings (SSSR count). The summed E-state index contributed by atoms with van der Waals surface area (Å²) >= 11 is 0. The van der Waals surface area contributed by atoms with Gasteiger partial charge in [-0.15, -0.1) is 0 Å². The Kier molecular flexibility index (Phi) is 5.04. The molecular weight excluding hydrogens is 364 g/mol. The summed E-state index contributed by atoms with van der Waals surface area (Å²) in [5, 5.41) is 0.950. The van der Waals surface area contributed by atoms with Crippen LogP contribution >= 0.6 is 0 Å². The van der Waals surface area contributed by atoms with Gasteiger partial charge in [-0.25, -0.2) is 0 Å². The minimum Gasteiger partial charge on any atom is -0.360 e. The van der Waals surface area contributed by atoms with Crippen molar-refractivity contribution in [3.05, 3.63) is 36.0 Å². The maximum Gasteiger partial charge on any atom is 0.256 e. The van der Waals surface area contributed by atoms with E-state index in [1.807, 2.05) is 29.2 Å². The lowest BCUT2D eigenvalue weighted by molar-refractivity contribution is -0.142. The fourth-order valence-corrected chi connectivity index (χ4v) is 5.23. The molecule has 3 heterocycles. The predicted octanol–water partition coefficient (Wildman–Crippen LogP) is 2.72. The molecule has 1 aromatic carbocycles. The summed E-state index contributed by atoms with van der Waals surface area (Å²) in [6.45, 7) is 4.76. The van der Waals surface area contributed by atoms with Crippen molar-refractivity contribution in [3.63, 3.8) is 0 Å². The lowest BCUT2D eigenvalue weighted by Gasteiger charge is -2.44. The minimum atomic E-state index is -0.0367. The van der Waals surface area contributed by atoms with Gasteiger partial charge in [-0.2, -0.15) is 0 Å². The Bertz CT molecular complexity index is 887. The maximum atomic E-state index is 12.9. The Hall–Kier alpha value is -2.34. The van der Waals surface area contributed by atoms with Crippen molar-refractivity contribution in [1.29, 1.82) is 0 Å². The number of amides is 2. The molecule has 3 fully saturated rings. The number of benzene rings is 1. The van der Waals surface area contributed by atoms with E-state index < -0.39 is 0 Å². The van der Waals surface area contributed by atoms with E-state index in [-0.39, 0.29) is 17.7 Å². The number of nitrogens with one attached hydrogen (secondary N) is 1. The van der Waals surface area contributed by atoms with Gasteiger partial charge >= 0.3 is 0 Å². The highest BCUT2D eigenvalue weighted by atomic mass is 16.2. The molecule has 154 valence electrons. The number of para-hydroxylation sites is 1. The van der Waals surface area contributed by atoms with Gasteiger partial charge < -0.3 is 14.8 Å². The number of aromatic nitrogens is 1. The fourth-order valence-electron chi connectivity index (χ4n) is 5.23. The molecule has 29 heavy (non-hydrogen) atoms.